The molecule has 1 rings (SSSR count). The van der Waals surface area contributed by atoms with Crippen LogP contribution in [0.2, 0.25) is 0 Å². The summed E-state index contributed by atoms with van der Waals surface area (Å²) < 4.78 is 38.5. The monoisotopic (exact) mass is 247 g/mol. The van der Waals surface area contributed by atoms with E-state index < -0.39 is 28.9 Å². The van der Waals surface area contributed by atoms with Crippen molar-refractivity contribution < 1.29 is 23.2 Å². The van der Waals surface area contributed by atoms with E-state index in [1.54, 1.807) is 0 Å². The van der Waals surface area contributed by atoms with E-state index in [-0.39, 0.29) is 12.4 Å². The highest BCUT2D eigenvalue weighted by Crippen LogP contribution is 2.14. The van der Waals surface area contributed by atoms with Crippen LogP contribution < -0.4 is 11.1 Å². The Morgan fingerprint density at radius 3 is 2.59 bits per heavy atom. The largest absolute Gasteiger partial charge is 0.409 e. The molecule has 0 spiro atoms. The zero-order valence-electron chi connectivity index (χ0n) is 8.38. The van der Waals surface area contributed by atoms with Gasteiger partial charge in [-0.2, -0.15) is 0 Å². The van der Waals surface area contributed by atoms with Crippen molar-refractivity contribution in [1.82, 2.24) is 5.32 Å². The molecule has 1 aromatic carbocycles. The molecule has 17 heavy (non-hydrogen) atoms. The molecule has 0 aliphatic rings. The summed E-state index contributed by atoms with van der Waals surface area (Å²) in [6.07, 6.45) is 0. The number of nitrogens with two attached hydrogens (primary N) is 1. The van der Waals surface area contributed by atoms with Crippen molar-refractivity contribution in [2.45, 2.75) is 0 Å². The molecule has 0 saturated carbocycles. The Balaban J connectivity index is 2.87. The highest BCUT2D eigenvalue weighted by atomic mass is 19.2. The molecule has 0 fully saturated rings. The van der Waals surface area contributed by atoms with Gasteiger partial charge in [0.15, 0.2) is 23.3 Å². The molecule has 4 N–H and O–H groups in total. The second kappa shape index (κ2) is 5.19. The summed E-state index contributed by atoms with van der Waals surface area (Å²) >= 11 is 0. The zero-order valence-corrected chi connectivity index (χ0v) is 8.38. The summed E-state index contributed by atoms with van der Waals surface area (Å²) in [4.78, 5) is 11.3. The van der Waals surface area contributed by atoms with Crippen LogP contribution in [0, 0.1) is 17.5 Å². The van der Waals surface area contributed by atoms with Gasteiger partial charge in [0.1, 0.15) is 0 Å². The molecular formula is C9H8F3N3O2. The molecule has 0 unspecified atom stereocenters. The van der Waals surface area contributed by atoms with Gasteiger partial charge >= 0.3 is 0 Å². The van der Waals surface area contributed by atoms with E-state index in [9.17, 15) is 18.0 Å². The maximum atomic E-state index is 13.1. The molecule has 0 aromatic heterocycles. The first kappa shape index (κ1) is 12.8. The number of nitrogens with zero attached hydrogens (tertiary/aromatic N) is 1. The molecule has 92 valence electrons. The van der Waals surface area contributed by atoms with Crippen LogP contribution >= 0.6 is 0 Å². The van der Waals surface area contributed by atoms with E-state index >= 15 is 0 Å². The molecule has 5 nitrogen and oxygen atoms in total. The average Bonchev–Trinajstić information content (AvgIpc) is 2.32. The number of carbonyl (C=O) groups excluding carboxylic acids is 1. The smallest absolute Gasteiger partial charge is 0.254 e. The third-order valence-corrected chi connectivity index (χ3v) is 1.84. The predicted octanol–water partition coefficient (Wildman–Crippen LogP) is 0.580. The summed E-state index contributed by atoms with van der Waals surface area (Å²) in [5.41, 5.74) is 4.38. The van der Waals surface area contributed by atoms with Crippen LogP contribution in [0.3, 0.4) is 0 Å². The number of hydrogen-bond donors (Lipinski definition) is 3. The van der Waals surface area contributed by atoms with E-state index in [4.69, 9.17) is 10.9 Å². The van der Waals surface area contributed by atoms with E-state index in [2.05, 4.69) is 10.5 Å². The molecule has 1 aromatic rings. The van der Waals surface area contributed by atoms with Gasteiger partial charge in [0.05, 0.1) is 12.1 Å². The Bertz CT molecular complexity index is 477. The minimum Gasteiger partial charge on any atom is -0.409 e. The third kappa shape index (κ3) is 2.86. The number of amidine groups is 1. The Labute approximate surface area is 93.7 Å². The summed E-state index contributed by atoms with van der Waals surface area (Å²) in [6, 6.07) is 1.41. The Kier molecular flexibility index (Phi) is 3.91. The van der Waals surface area contributed by atoms with Gasteiger partial charge in [0.2, 0.25) is 0 Å². The number of amides is 1. The Hall–Kier alpha value is -2.25. The van der Waals surface area contributed by atoms with Gasteiger partial charge in [-0.3, -0.25) is 4.79 Å². The molecule has 0 radical (unpaired) electrons. The number of rotatable bonds is 3. The van der Waals surface area contributed by atoms with Crippen molar-refractivity contribution in [3.8, 4) is 0 Å². The van der Waals surface area contributed by atoms with Crippen molar-refractivity contribution in [1.29, 1.82) is 0 Å². The third-order valence-electron chi connectivity index (χ3n) is 1.84. The van der Waals surface area contributed by atoms with Crippen molar-refractivity contribution in [3.05, 3.63) is 35.1 Å². The number of nitrogens with one attached hydrogen (secondary N) is 1. The number of carbonyl (C=O) groups is 1. The summed E-state index contributed by atoms with van der Waals surface area (Å²) in [5.74, 6) is -6.05. The van der Waals surface area contributed by atoms with E-state index in [1.165, 1.54) is 0 Å². The second-order valence-corrected chi connectivity index (χ2v) is 3.00. The fourth-order valence-electron chi connectivity index (χ4n) is 1.00. The lowest BCUT2D eigenvalue weighted by molar-refractivity contribution is 0.0953. The average molecular weight is 247 g/mol. The maximum absolute atomic E-state index is 13.1. The van der Waals surface area contributed by atoms with Crippen LogP contribution in [0.15, 0.2) is 17.3 Å². The Morgan fingerprint density at radius 1 is 1.35 bits per heavy atom. The van der Waals surface area contributed by atoms with Crippen molar-refractivity contribution in [2.75, 3.05) is 6.54 Å². The Morgan fingerprint density at radius 2 is 2.00 bits per heavy atom. The lowest BCUT2D eigenvalue weighted by Crippen LogP contribution is -2.34. The first-order valence-electron chi connectivity index (χ1n) is 4.35. The summed E-state index contributed by atoms with van der Waals surface area (Å²) in [5, 5.41) is 12.8. The molecule has 8 heteroatoms. The molecule has 0 aliphatic heterocycles. The summed E-state index contributed by atoms with van der Waals surface area (Å²) in [7, 11) is 0. The summed E-state index contributed by atoms with van der Waals surface area (Å²) in [6.45, 7) is -0.353. The van der Waals surface area contributed by atoms with Crippen LogP contribution in [-0.4, -0.2) is 23.5 Å². The number of halogens is 3. The number of benzene rings is 1. The predicted molar refractivity (Wildman–Crippen MR) is 52.1 cm³/mol. The normalized spacial score (nSPS) is 11.4. The van der Waals surface area contributed by atoms with E-state index in [0.29, 0.717) is 6.07 Å². The van der Waals surface area contributed by atoms with Crippen LogP contribution in [0.5, 0.6) is 0 Å². The van der Waals surface area contributed by atoms with Crippen molar-refractivity contribution in [2.24, 2.45) is 10.9 Å². The molecular weight excluding hydrogens is 239 g/mol. The van der Waals surface area contributed by atoms with Gasteiger partial charge in [-0.05, 0) is 12.1 Å². The van der Waals surface area contributed by atoms with Gasteiger partial charge in [0.25, 0.3) is 5.91 Å². The molecule has 1 amide bonds. The minimum atomic E-state index is -1.73. The quantitative estimate of drug-likeness (QED) is 0.240. The van der Waals surface area contributed by atoms with E-state index in [1.807, 2.05) is 0 Å². The minimum absolute atomic E-state index is 0.318. The molecule has 0 heterocycles. The first-order chi connectivity index (χ1) is 7.97. The number of hydrogen-bond acceptors (Lipinski definition) is 3. The highest BCUT2D eigenvalue weighted by molar-refractivity contribution is 5.97. The fourth-order valence-corrected chi connectivity index (χ4v) is 1.00. The fraction of sp³-hybridized carbons (Fsp3) is 0.111. The van der Waals surface area contributed by atoms with E-state index in [0.717, 1.165) is 6.07 Å². The highest BCUT2D eigenvalue weighted by Gasteiger charge is 2.18. The lowest BCUT2D eigenvalue weighted by Gasteiger charge is -2.05. The van der Waals surface area contributed by atoms with Crippen molar-refractivity contribution >= 4 is 11.7 Å². The first-order valence-corrected chi connectivity index (χ1v) is 4.35. The lowest BCUT2D eigenvalue weighted by atomic mass is 10.2. The molecule has 0 atom stereocenters. The van der Waals surface area contributed by atoms with Gasteiger partial charge < -0.3 is 16.3 Å². The van der Waals surface area contributed by atoms with Crippen LogP contribution in [0.4, 0.5) is 13.2 Å². The maximum Gasteiger partial charge on any atom is 0.254 e. The van der Waals surface area contributed by atoms with Crippen LogP contribution in [0.1, 0.15) is 10.4 Å². The standard InChI is InChI=1S/C9H8F3N3O2/c10-5-2-1-4(7(11)8(5)12)9(16)14-3-6(13)15-17/h1-2,17H,3H2,(H2,13,15)(H,14,16). The molecule has 0 aliphatic carbocycles. The second-order valence-electron chi connectivity index (χ2n) is 3.00. The number of oxime groups is 1. The van der Waals surface area contributed by atoms with Gasteiger partial charge in [-0.1, -0.05) is 5.16 Å². The molecule has 0 saturated heterocycles. The topological polar surface area (TPSA) is 87.7 Å². The molecule has 0 bridgehead atoms. The van der Waals surface area contributed by atoms with Gasteiger partial charge in [-0.25, -0.2) is 13.2 Å². The van der Waals surface area contributed by atoms with Crippen molar-refractivity contribution in [3.63, 3.8) is 0 Å². The van der Waals surface area contributed by atoms with Gasteiger partial charge in [0, 0.05) is 0 Å². The van der Waals surface area contributed by atoms with Crippen LogP contribution in [0.25, 0.3) is 0 Å². The van der Waals surface area contributed by atoms with Crippen LogP contribution in [-0.2, 0) is 0 Å². The van der Waals surface area contributed by atoms with Gasteiger partial charge in [-0.15, -0.1) is 0 Å². The zero-order chi connectivity index (χ0) is 13.0. The SMILES string of the molecule is NC(CNC(=O)c1ccc(F)c(F)c1F)=NO.